The second kappa shape index (κ2) is 7.20. The lowest BCUT2D eigenvalue weighted by Crippen LogP contribution is -2.19. The molecule has 1 amide bonds. The molecule has 2 N–H and O–H groups in total. The number of carbonyl (C=O) groups is 1. The van der Waals surface area contributed by atoms with Crippen molar-refractivity contribution in [3.8, 4) is 11.3 Å². The third-order valence-corrected chi connectivity index (χ3v) is 4.71. The Hall–Kier alpha value is -3.19. The lowest BCUT2D eigenvalue weighted by molar-refractivity contribution is 0.0946. The fourth-order valence-electron chi connectivity index (χ4n) is 2.73. The van der Waals surface area contributed by atoms with Crippen LogP contribution in [-0.4, -0.2) is 21.8 Å². The van der Waals surface area contributed by atoms with Crippen molar-refractivity contribution in [3.05, 3.63) is 76.5 Å². The van der Waals surface area contributed by atoms with Gasteiger partial charge >= 0.3 is 0 Å². The zero-order chi connectivity index (χ0) is 18.8. The van der Waals surface area contributed by atoms with Gasteiger partial charge in [-0.25, -0.2) is 5.43 Å². The van der Waals surface area contributed by atoms with Crippen LogP contribution in [0.2, 0.25) is 0 Å². The van der Waals surface area contributed by atoms with Crippen molar-refractivity contribution < 1.29 is 9.32 Å². The summed E-state index contributed by atoms with van der Waals surface area (Å²) < 4.78 is 6.34. The summed E-state index contributed by atoms with van der Waals surface area (Å²) in [5.74, 6) is 0.0903. The van der Waals surface area contributed by atoms with Crippen LogP contribution in [0.25, 0.3) is 22.2 Å². The Kier molecular flexibility index (Phi) is 4.60. The van der Waals surface area contributed by atoms with Gasteiger partial charge in [-0.1, -0.05) is 51.4 Å². The second-order valence-electron chi connectivity index (χ2n) is 5.97. The maximum Gasteiger partial charge on any atom is 0.293 e. The summed E-state index contributed by atoms with van der Waals surface area (Å²) in [7, 11) is 0. The number of rotatable bonds is 4. The summed E-state index contributed by atoms with van der Waals surface area (Å²) in [4.78, 5) is 15.5. The monoisotopic (exact) mass is 422 g/mol. The SMILES string of the molecule is CC(=NNC(=O)c1cc(-c2c[nH]c3ccccc23)on1)c1ccc(Br)cc1. The number of nitrogens with zero attached hydrogens (tertiary/aromatic N) is 2. The smallest absolute Gasteiger partial charge is 0.293 e. The third-order valence-electron chi connectivity index (χ3n) is 4.18. The Balaban J connectivity index is 1.52. The van der Waals surface area contributed by atoms with Crippen LogP contribution in [0.15, 0.2) is 74.9 Å². The van der Waals surface area contributed by atoms with Crippen LogP contribution in [0.5, 0.6) is 0 Å². The van der Waals surface area contributed by atoms with Crippen molar-refractivity contribution in [3.63, 3.8) is 0 Å². The van der Waals surface area contributed by atoms with Gasteiger partial charge in [-0.2, -0.15) is 5.10 Å². The van der Waals surface area contributed by atoms with Crippen molar-refractivity contribution in [2.75, 3.05) is 0 Å². The van der Waals surface area contributed by atoms with Gasteiger partial charge in [0.05, 0.1) is 5.71 Å². The highest BCUT2D eigenvalue weighted by atomic mass is 79.9. The molecule has 4 aromatic rings. The van der Waals surface area contributed by atoms with Crippen molar-refractivity contribution in [1.29, 1.82) is 0 Å². The van der Waals surface area contributed by atoms with Crippen molar-refractivity contribution >= 4 is 38.5 Å². The Morgan fingerprint density at radius 2 is 1.96 bits per heavy atom. The molecule has 7 heteroatoms. The molecular formula is C20H15BrN4O2. The largest absolute Gasteiger partial charge is 0.360 e. The van der Waals surface area contributed by atoms with Crippen LogP contribution >= 0.6 is 15.9 Å². The summed E-state index contributed by atoms with van der Waals surface area (Å²) >= 11 is 3.39. The van der Waals surface area contributed by atoms with E-state index >= 15 is 0 Å². The molecule has 6 nitrogen and oxygen atoms in total. The number of hydrogen-bond acceptors (Lipinski definition) is 4. The highest BCUT2D eigenvalue weighted by Crippen LogP contribution is 2.28. The van der Waals surface area contributed by atoms with E-state index in [1.165, 1.54) is 0 Å². The van der Waals surface area contributed by atoms with Crippen LogP contribution in [0.4, 0.5) is 0 Å². The molecule has 0 aliphatic heterocycles. The molecule has 2 heterocycles. The molecule has 2 aromatic carbocycles. The molecule has 0 unspecified atom stereocenters. The molecule has 0 saturated carbocycles. The number of hydrogen-bond donors (Lipinski definition) is 2. The summed E-state index contributed by atoms with van der Waals surface area (Å²) in [5.41, 5.74) is 6.13. The highest BCUT2D eigenvalue weighted by molar-refractivity contribution is 9.10. The van der Waals surface area contributed by atoms with Crippen molar-refractivity contribution in [2.45, 2.75) is 6.92 Å². The normalized spacial score (nSPS) is 11.7. The Morgan fingerprint density at radius 1 is 1.19 bits per heavy atom. The van der Waals surface area contributed by atoms with E-state index in [2.05, 4.69) is 36.6 Å². The van der Waals surface area contributed by atoms with E-state index in [-0.39, 0.29) is 5.69 Å². The zero-order valence-electron chi connectivity index (χ0n) is 14.4. The molecule has 27 heavy (non-hydrogen) atoms. The Labute approximate surface area is 163 Å². The lowest BCUT2D eigenvalue weighted by Gasteiger charge is -2.01. The van der Waals surface area contributed by atoms with Gasteiger partial charge in [0.15, 0.2) is 11.5 Å². The van der Waals surface area contributed by atoms with Crippen LogP contribution in [0, 0.1) is 0 Å². The maximum absolute atomic E-state index is 12.3. The molecule has 2 aromatic heterocycles. The number of H-pyrrole nitrogens is 1. The number of hydrazone groups is 1. The molecular weight excluding hydrogens is 408 g/mol. The number of fused-ring (bicyclic) bond motifs is 1. The fourth-order valence-corrected chi connectivity index (χ4v) is 3.00. The number of aromatic nitrogens is 2. The fraction of sp³-hybridized carbons (Fsp3) is 0.0500. The minimum atomic E-state index is -0.429. The Bertz CT molecular complexity index is 1140. The summed E-state index contributed by atoms with van der Waals surface area (Å²) in [6, 6.07) is 17.1. The Morgan fingerprint density at radius 3 is 2.78 bits per heavy atom. The predicted molar refractivity (Wildman–Crippen MR) is 108 cm³/mol. The van der Waals surface area contributed by atoms with E-state index in [1.807, 2.05) is 61.7 Å². The van der Waals surface area contributed by atoms with E-state index in [0.717, 1.165) is 26.5 Å². The number of aromatic amines is 1. The molecule has 0 saturated heterocycles. The molecule has 0 aliphatic rings. The lowest BCUT2D eigenvalue weighted by atomic mass is 10.1. The first kappa shape index (κ1) is 17.2. The average molecular weight is 423 g/mol. The van der Waals surface area contributed by atoms with Crippen LogP contribution in [0.3, 0.4) is 0 Å². The number of para-hydroxylation sites is 1. The van der Waals surface area contributed by atoms with Crippen molar-refractivity contribution in [1.82, 2.24) is 15.6 Å². The first-order chi connectivity index (χ1) is 13.1. The highest BCUT2D eigenvalue weighted by Gasteiger charge is 2.16. The minimum absolute atomic E-state index is 0.169. The molecule has 0 bridgehead atoms. The topological polar surface area (TPSA) is 83.3 Å². The first-order valence-corrected chi connectivity index (χ1v) is 9.05. The molecule has 134 valence electrons. The quantitative estimate of drug-likeness (QED) is 0.368. The van der Waals surface area contributed by atoms with Gasteiger partial charge < -0.3 is 9.51 Å². The molecule has 4 rings (SSSR count). The summed E-state index contributed by atoms with van der Waals surface area (Å²) in [6.07, 6.45) is 1.84. The maximum atomic E-state index is 12.3. The van der Waals surface area contributed by atoms with Gasteiger partial charge in [-0.15, -0.1) is 0 Å². The van der Waals surface area contributed by atoms with Gasteiger partial charge in [0.2, 0.25) is 0 Å². The van der Waals surface area contributed by atoms with E-state index in [1.54, 1.807) is 6.07 Å². The predicted octanol–water partition coefficient (Wildman–Crippen LogP) is 4.74. The molecule has 0 atom stereocenters. The number of amides is 1. The van der Waals surface area contributed by atoms with E-state index in [4.69, 9.17) is 4.52 Å². The van der Waals surface area contributed by atoms with Crippen LogP contribution in [-0.2, 0) is 0 Å². The van der Waals surface area contributed by atoms with Gasteiger partial charge in [-0.05, 0) is 30.7 Å². The van der Waals surface area contributed by atoms with E-state index in [0.29, 0.717) is 11.5 Å². The molecule has 0 aliphatic carbocycles. The minimum Gasteiger partial charge on any atom is -0.360 e. The van der Waals surface area contributed by atoms with Gasteiger partial charge in [0.25, 0.3) is 5.91 Å². The van der Waals surface area contributed by atoms with Gasteiger partial charge in [0.1, 0.15) is 0 Å². The first-order valence-electron chi connectivity index (χ1n) is 8.25. The molecule has 0 radical (unpaired) electrons. The summed E-state index contributed by atoms with van der Waals surface area (Å²) in [5, 5.41) is 9.01. The molecule has 0 spiro atoms. The standard InChI is InChI=1S/C20H15BrN4O2/c1-12(13-6-8-14(21)9-7-13)23-24-20(26)18-10-19(27-25-18)16-11-22-17-5-3-2-4-15(16)17/h2-11,22H,1H3,(H,24,26). The third kappa shape index (κ3) is 3.54. The number of benzene rings is 2. The number of nitrogens with one attached hydrogen (secondary N) is 2. The number of carbonyl (C=O) groups excluding carboxylic acids is 1. The van der Waals surface area contributed by atoms with Gasteiger partial charge in [-0.3, -0.25) is 4.79 Å². The molecule has 0 fully saturated rings. The van der Waals surface area contributed by atoms with Crippen molar-refractivity contribution in [2.24, 2.45) is 5.10 Å². The number of halogens is 1. The van der Waals surface area contributed by atoms with Crippen LogP contribution in [0.1, 0.15) is 23.0 Å². The van der Waals surface area contributed by atoms with E-state index < -0.39 is 5.91 Å². The second-order valence-corrected chi connectivity index (χ2v) is 6.89. The van der Waals surface area contributed by atoms with E-state index in [9.17, 15) is 4.79 Å². The van der Waals surface area contributed by atoms with Gasteiger partial charge in [0, 0.05) is 33.2 Å². The average Bonchev–Trinajstić information content (AvgIpc) is 3.33. The van der Waals surface area contributed by atoms with Crippen LogP contribution < -0.4 is 5.43 Å². The summed E-state index contributed by atoms with van der Waals surface area (Å²) in [6.45, 7) is 1.82. The zero-order valence-corrected chi connectivity index (χ0v) is 15.9.